The van der Waals surface area contributed by atoms with Crippen molar-refractivity contribution in [2.45, 2.75) is 37.1 Å². The van der Waals surface area contributed by atoms with Crippen molar-refractivity contribution in [1.29, 1.82) is 0 Å². The summed E-state index contributed by atoms with van der Waals surface area (Å²) in [6.45, 7) is 0.199. The largest absolute Gasteiger partial charge is 0.490 e. The van der Waals surface area contributed by atoms with Crippen LogP contribution in [0.25, 0.3) is 0 Å². The molecule has 108 valence electrons. The van der Waals surface area contributed by atoms with Gasteiger partial charge in [-0.25, -0.2) is 4.79 Å². The van der Waals surface area contributed by atoms with Gasteiger partial charge in [0.1, 0.15) is 0 Å². The fraction of sp³-hybridized carbons (Fsp3) is 0.875. The molecule has 1 aliphatic heterocycles. The molecule has 0 aromatic rings. The second kappa shape index (κ2) is 6.85. The average Bonchev–Trinajstić information content (AvgIpc) is 2.23. The first-order chi connectivity index (χ1) is 8.09. The lowest BCUT2D eigenvalue weighted by Crippen LogP contribution is -2.53. The van der Waals surface area contributed by atoms with E-state index < -0.39 is 36.7 Å². The van der Waals surface area contributed by atoms with E-state index in [2.05, 4.69) is 0 Å². The summed E-state index contributed by atoms with van der Waals surface area (Å²) in [6.07, 6.45) is -6.88. The average molecular weight is 276 g/mol. The minimum absolute atomic E-state index is 0.199. The van der Waals surface area contributed by atoms with Gasteiger partial charge in [-0.1, -0.05) is 0 Å². The molecule has 1 saturated heterocycles. The van der Waals surface area contributed by atoms with Gasteiger partial charge < -0.3 is 31.5 Å². The van der Waals surface area contributed by atoms with Gasteiger partial charge in [0.2, 0.25) is 0 Å². The summed E-state index contributed by atoms with van der Waals surface area (Å²) in [5.41, 5.74) is 10.7. The molecule has 7 N–H and O–H groups in total. The van der Waals surface area contributed by atoms with Crippen LogP contribution in [0.4, 0.5) is 13.2 Å². The van der Waals surface area contributed by atoms with Gasteiger partial charge in [0.15, 0.2) is 6.29 Å². The topological polar surface area (TPSA) is 139 Å². The highest BCUT2D eigenvalue weighted by molar-refractivity contribution is 5.73. The zero-order valence-electron chi connectivity index (χ0n) is 9.17. The SMILES string of the molecule is NC[C@H]1OC(O)[C@H](N)C[C@@H]1O.O=C(O)C(F)(F)F. The Morgan fingerprint density at radius 1 is 1.39 bits per heavy atom. The summed E-state index contributed by atoms with van der Waals surface area (Å²) >= 11 is 0. The maximum Gasteiger partial charge on any atom is 0.490 e. The van der Waals surface area contributed by atoms with Crippen molar-refractivity contribution >= 4 is 5.97 Å². The molecule has 1 rings (SSSR count). The number of aliphatic hydroxyl groups is 2. The molecule has 4 atom stereocenters. The number of alkyl halides is 3. The normalized spacial score (nSPS) is 32.4. The van der Waals surface area contributed by atoms with Crippen molar-refractivity contribution < 1.29 is 38.0 Å². The predicted octanol–water partition coefficient (Wildman–Crippen LogP) is -1.63. The van der Waals surface area contributed by atoms with Crippen LogP contribution in [0, 0.1) is 0 Å². The van der Waals surface area contributed by atoms with Gasteiger partial charge in [-0.15, -0.1) is 0 Å². The second-order valence-electron chi connectivity index (χ2n) is 3.57. The minimum Gasteiger partial charge on any atom is -0.475 e. The van der Waals surface area contributed by atoms with Crippen molar-refractivity contribution in [3.63, 3.8) is 0 Å². The highest BCUT2D eigenvalue weighted by atomic mass is 19.4. The van der Waals surface area contributed by atoms with Crippen molar-refractivity contribution in [3.05, 3.63) is 0 Å². The van der Waals surface area contributed by atoms with Crippen molar-refractivity contribution in [3.8, 4) is 0 Å². The molecule has 0 radical (unpaired) electrons. The van der Waals surface area contributed by atoms with Gasteiger partial charge in [-0.05, 0) is 6.42 Å². The van der Waals surface area contributed by atoms with Crippen LogP contribution in [-0.2, 0) is 9.53 Å². The molecule has 7 nitrogen and oxygen atoms in total. The van der Waals surface area contributed by atoms with E-state index in [9.17, 15) is 18.3 Å². The number of aliphatic carboxylic acids is 1. The summed E-state index contributed by atoms with van der Waals surface area (Å²) in [5, 5.41) is 25.5. The summed E-state index contributed by atoms with van der Waals surface area (Å²) in [5.74, 6) is -2.76. The summed E-state index contributed by atoms with van der Waals surface area (Å²) in [6, 6.07) is -0.507. The Morgan fingerprint density at radius 2 is 1.83 bits per heavy atom. The Labute approximate surface area is 100 Å². The van der Waals surface area contributed by atoms with Crippen LogP contribution in [0.5, 0.6) is 0 Å². The zero-order chi connectivity index (χ0) is 14.5. The molecule has 1 heterocycles. The first-order valence-electron chi connectivity index (χ1n) is 4.87. The molecule has 0 bridgehead atoms. The fourth-order valence-electron chi connectivity index (χ4n) is 1.13. The second-order valence-corrected chi connectivity index (χ2v) is 3.57. The molecule has 0 saturated carbocycles. The van der Waals surface area contributed by atoms with Crippen LogP contribution >= 0.6 is 0 Å². The highest BCUT2D eigenvalue weighted by Crippen LogP contribution is 2.16. The molecule has 0 spiro atoms. The standard InChI is InChI=1S/C6H14N2O3.C2HF3O2/c7-2-5-4(9)1-3(8)6(10)11-5;3-2(4,5)1(6)7/h3-6,9-10H,1-2,7-8H2;(H,6,7)/t3-,4+,5-,6?;/m1./s1. The Balaban J connectivity index is 0.000000360. The van der Waals surface area contributed by atoms with Crippen LogP contribution in [0.1, 0.15) is 6.42 Å². The van der Waals surface area contributed by atoms with Gasteiger partial charge in [-0.2, -0.15) is 13.2 Å². The number of carboxylic acids is 1. The number of carboxylic acid groups (broad SMARTS) is 1. The quantitative estimate of drug-likeness (QED) is 0.387. The molecule has 0 aromatic heterocycles. The summed E-state index contributed by atoms with van der Waals surface area (Å²) in [4.78, 5) is 8.90. The third-order valence-electron chi connectivity index (χ3n) is 2.10. The first-order valence-corrected chi connectivity index (χ1v) is 4.87. The fourth-order valence-corrected chi connectivity index (χ4v) is 1.13. The minimum atomic E-state index is -5.08. The molecular formula is C8H15F3N2O5. The molecule has 1 aliphatic rings. The molecule has 1 fully saturated rings. The number of hydrogen-bond acceptors (Lipinski definition) is 6. The number of hydrogen-bond donors (Lipinski definition) is 5. The van der Waals surface area contributed by atoms with Crippen LogP contribution in [0.2, 0.25) is 0 Å². The molecule has 0 aromatic carbocycles. The number of halogens is 3. The number of ether oxygens (including phenoxy) is 1. The van der Waals surface area contributed by atoms with Gasteiger partial charge in [0.25, 0.3) is 0 Å². The van der Waals surface area contributed by atoms with E-state index in [1.165, 1.54) is 0 Å². The van der Waals surface area contributed by atoms with Crippen LogP contribution in [0.3, 0.4) is 0 Å². The predicted molar refractivity (Wildman–Crippen MR) is 52.2 cm³/mol. The van der Waals surface area contributed by atoms with Crippen LogP contribution < -0.4 is 11.5 Å². The molecular weight excluding hydrogens is 261 g/mol. The molecule has 0 amide bonds. The smallest absolute Gasteiger partial charge is 0.475 e. The summed E-state index contributed by atoms with van der Waals surface area (Å²) < 4.78 is 36.7. The number of aliphatic hydroxyl groups excluding tert-OH is 2. The van der Waals surface area contributed by atoms with E-state index in [0.717, 1.165) is 0 Å². The highest BCUT2D eigenvalue weighted by Gasteiger charge is 2.38. The molecule has 0 aliphatic carbocycles. The van der Waals surface area contributed by atoms with Gasteiger partial charge in [-0.3, -0.25) is 0 Å². The lowest BCUT2D eigenvalue weighted by molar-refractivity contribution is -0.204. The van der Waals surface area contributed by atoms with E-state index in [0.29, 0.717) is 6.42 Å². The van der Waals surface area contributed by atoms with Crippen molar-refractivity contribution in [2.24, 2.45) is 11.5 Å². The van der Waals surface area contributed by atoms with Gasteiger partial charge in [0, 0.05) is 6.54 Å². The lowest BCUT2D eigenvalue weighted by Gasteiger charge is -2.34. The zero-order valence-corrected chi connectivity index (χ0v) is 9.17. The van der Waals surface area contributed by atoms with E-state index in [1.54, 1.807) is 0 Å². The Morgan fingerprint density at radius 3 is 2.17 bits per heavy atom. The Hall–Kier alpha value is -0.940. The third kappa shape index (κ3) is 5.60. The molecule has 10 heteroatoms. The maximum absolute atomic E-state index is 10.6. The Kier molecular flexibility index (Phi) is 6.49. The van der Waals surface area contributed by atoms with E-state index in [1.807, 2.05) is 0 Å². The number of rotatable bonds is 1. The summed E-state index contributed by atoms with van der Waals surface area (Å²) in [7, 11) is 0. The van der Waals surface area contributed by atoms with E-state index >= 15 is 0 Å². The van der Waals surface area contributed by atoms with E-state index in [4.69, 9.17) is 31.2 Å². The Bertz CT molecular complexity index is 276. The number of carbonyl (C=O) groups is 1. The van der Waals surface area contributed by atoms with Crippen LogP contribution in [-0.4, -0.2) is 58.5 Å². The van der Waals surface area contributed by atoms with Crippen molar-refractivity contribution in [1.82, 2.24) is 0 Å². The number of nitrogens with two attached hydrogens (primary N) is 2. The third-order valence-corrected chi connectivity index (χ3v) is 2.10. The van der Waals surface area contributed by atoms with Crippen LogP contribution in [0.15, 0.2) is 0 Å². The van der Waals surface area contributed by atoms with Gasteiger partial charge >= 0.3 is 12.1 Å². The first kappa shape index (κ1) is 17.1. The maximum atomic E-state index is 10.6. The molecule has 1 unspecified atom stereocenters. The lowest BCUT2D eigenvalue weighted by atomic mass is 10.0. The monoisotopic (exact) mass is 276 g/mol. The molecule has 18 heavy (non-hydrogen) atoms. The van der Waals surface area contributed by atoms with Crippen molar-refractivity contribution in [2.75, 3.05) is 6.54 Å². The van der Waals surface area contributed by atoms with E-state index in [-0.39, 0.29) is 6.54 Å². The van der Waals surface area contributed by atoms with Gasteiger partial charge in [0.05, 0.1) is 18.2 Å².